The van der Waals surface area contributed by atoms with Crippen LogP contribution in [0.2, 0.25) is 0 Å². The number of para-hydroxylation sites is 1. The van der Waals surface area contributed by atoms with Crippen LogP contribution in [0.3, 0.4) is 0 Å². The highest BCUT2D eigenvalue weighted by molar-refractivity contribution is 7.08. The molecule has 144 valence electrons. The van der Waals surface area contributed by atoms with Crippen molar-refractivity contribution in [2.45, 2.75) is 12.5 Å². The lowest BCUT2D eigenvalue weighted by Crippen LogP contribution is -2.43. The smallest absolute Gasteiger partial charge is 0.313 e. The summed E-state index contributed by atoms with van der Waals surface area (Å²) >= 11 is 1.45. The van der Waals surface area contributed by atoms with Gasteiger partial charge in [-0.15, -0.1) is 0 Å². The van der Waals surface area contributed by atoms with Crippen molar-refractivity contribution in [2.24, 2.45) is 0 Å². The van der Waals surface area contributed by atoms with Gasteiger partial charge < -0.3 is 20.5 Å². The monoisotopic (exact) mass is 396 g/mol. The van der Waals surface area contributed by atoms with Crippen LogP contribution in [-0.2, 0) is 15.2 Å². The SMILES string of the molecule is C[C@](O)(CNC(=O)C(=O)Nc1cccc(Oc2ccccc2)c1)c1ccsc1. The fraction of sp³-hybridized carbons (Fsp3) is 0.143. The third kappa shape index (κ3) is 5.18. The molecule has 0 spiro atoms. The molecule has 3 N–H and O–H groups in total. The summed E-state index contributed by atoms with van der Waals surface area (Å²) in [5.41, 5.74) is -0.138. The van der Waals surface area contributed by atoms with Gasteiger partial charge in [-0.3, -0.25) is 9.59 Å². The maximum Gasteiger partial charge on any atom is 0.313 e. The molecular formula is C21H20N2O4S. The first-order chi connectivity index (χ1) is 13.4. The molecule has 0 fully saturated rings. The highest BCUT2D eigenvalue weighted by atomic mass is 32.1. The number of carbonyl (C=O) groups is 2. The average Bonchev–Trinajstić information content (AvgIpc) is 3.23. The first-order valence-electron chi connectivity index (χ1n) is 8.61. The molecule has 0 radical (unpaired) electrons. The van der Waals surface area contributed by atoms with Crippen LogP contribution in [0.4, 0.5) is 5.69 Å². The molecule has 6 nitrogen and oxygen atoms in total. The Bertz CT molecular complexity index is 940. The summed E-state index contributed by atoms with van der Waals surface area (Å²) in [5, 5.41) is 19.0. The average molecular weight is 396 g/mol. The second-order valence-electron chi connectivity index (χ2n) is 6.37. The van der Waals surface area contributed by atoms with Gasteiger partial charge in [0.25, 0.3) is 0 Å². The number of anilines is 1. The van der Waals surface area contributed by atoms with Gasteiger partial charge >= 0.3 is 11.8 Å². The summed E-state index contributed by atoms with van der Waals surface area (Å²) in [5.74, 6) is -0.452. The van der Waals surface area contributed by atoms with Crippen LogP contribution in [0, 0.1) is 0 Å². The summed E-state index contributed by atoms with van der Waals surface area (Å²) in [7, 11) is 0. The van der Waals surface area contributed by atoms with Gasteiger partial charge in [-0.25, -0.2) is 0 Å². The first kappa shape index (κ1) is 19.6. The highest BCUT2D eigenvalue weighted by Gasteiger charge is 2.25. The van der Waals surface area contributed by atoms with Crippen LogP contribution in [0.25, 0.3) is 0 Å². The number of ether oxygens (including phenoxy) is 1. The van der Waals surface area contributed by atoms with Gasteiger partial charge in [-0.1, -0.05) is 24.3 Å². The van der Waals surface area contributed by atoms with Gasteiger partial charge in [0.2, 0.25) is 0 Å². The molecule has 0 saturated heterocycles. The van der Waals surface area contributed by atoms with Crippen LogP contribution in [-0.4, -0.2) is 23.5 Å². The van der Waals surface area contributed by atoms with Crippen molar-refractivity contribution in [3.8, 4) is 11.5 Å². The minimum atomic E-state index is -1.25. The van der Waals surface area contributed by atoms with Crippen molar-refractivity contribution in [3.05, 3.63) is 77.0 Å². The van der Waals surface area contributed by atoms with Crippen molar-refractivity contribution >= 4 is 28.8 Å². The number of nitrogens with one attached hydrogen (secondary N) is 2. The number of carbonyl (C=O) groups excluding carboxylic acids is 2. The van der Waals surface area contributed by atoms with E-state index in [1.807, 2.05) is 35.7 Å². The lowest BCUT2D eigenvalue weighted by atomic mass is 9.99. The Hall–Kier alpha value is -3.16. The molecule has 0 aliphatic heterocycles. The minimum absolute atomic E-state index is 0.0762. The van der Waals surface area contributed by atoms with Crippen molar-refractivity contribution in [1.82, 2.24) is 5.32 Å². The van der Waals surface area contributed by atoms with E-state index in [0.29, 0.717) is 22.7 Å². The predicted molar refractivity (Wildman–Crippen MR) is 108 cm³/mol. The van der Waals surface area contributed by atoms with Crippen molar-refractivity contribution in [2.75, 3.05) is 11.9 Å². The third-order valence-corrected chi connectivity index (χ3v) is 4.70. The van der Waals surface area contributed by atoms with Gasteiger partial charge in [0, 0.05) is 11.8 Å². The van der Waals surface area contributed by atoms with E-state index >= 15 is 0 Å². The molecule has 28 heavy (non-hydrogen) atoms. The third-order valence-electron chi connectivity index (χ3n) is 4.01. The van der Waals surface area contributed by atoms with E-state index < -0.39 is 17.4 Å². The summed E-state index contributed by atoms with van der Waals surface area (Å²) < 4.78 is 5.71. The van der Waals surface area contributed by atoms with Gasteiger partial charge in [0.05, 0.1) is 6.54 Å². The number of rotatable bonds is 6. The summed E-state index contributed by atoms with van der Waals surface area (Å²) in [4.78, 5) is 24.2. The van der Waals surface area contributed by atoms with E-state index in [1.54, 1.807) is 42.6 Å². The Kier molecular flexibility index (Phi) is 6.08. The van der Waals surface area contributed by atoms with E-state index in [2.05, 4.69) is 10.6 Å². The molecule has 3 aromatic rings. The molecule has 2 aromatic carbocycles. The van der Waals surface area contributed by atoms with E-state index in [1.165, 1.54) is 11.3 Å². The predicted octanol–water partition coefficient (Wildman–Crippen LogP) is 3.50. The molecule has 1 aromatic heterocycles. The van der Waals surface area contributed by atoms with E-state index in [-0.39, 0.29) is 6.54 Å². The van der Waals surface area contributed by atoms with Crippen molar-refractivity contribution < 1.29 is 19.4 Å². The minimum Gasteiger partial charge on any atom is -0.457 e. The summed E-state index contributed by atoms with van der Waals surface area (Å²) in [6.45, 7) is 1.50. The maximum absolute atomic E-state index is 12.1. The molecule has 0 aliphatic rings. The van der Waals surface area contributed by atoms with Crippen LogP contribution in [0.15, 0.2) is 71.4 Å². The summed E-state index contributed by atoms with van der Waals surface area (Å²) in [6, 6.07) is 17.8. The zero-order valence-corrected chi connectivity index (χ0v) is 16.0. The number of thiophene rings is 1. The highest BCUT2D eigenvalue weighted by Crippen LogP contribution is 2.24. The Morgan fingerprint density at radius 1 is 1.04 bits per heavy atom. The van der Waals surface area contributed by atoms with Crippen LogP contribution < -0.4 is 15.4 Å². The van der Waals surface area contributed by atoms with Crippen LogP contribution >= 0.6 is 11.3 Å². The second kappa shape index (κ2) is 8.69. The summed E-state index contributed by atoms with van der Waals surface area (Å²) in [6.07, 6.45) is 0. The maximum atomic E-state index is 12.1. The Morgan fingerprint density at radius 2 is 1.79 bits per heavy atom. The standard InChI is InChI=1S/C21H20N2O4S/c1-21(26,15-10-11-28-13-15)14-22-19(24)20(25)23-16-6-5-9-18(12-16)27-17-7-3-2-4-8-17/h2-13,26H,14H2,1H3,(H,22,24)(H,23,25)/t21-/m0/s1. The lowest BCUT2D eigenvalue weighted by molar-refractivity contribution is -0.136. The number of hydrogen-bond acceptors (Lipinski definition) is 5. The van der Waals surface area contributed by atoms with Gasteiger partial charge in [0.1, 0.15) is 17.1 Å². The molecule has 3 rings (SSSR count). The van der Waals surface area contributed by atoms with Crippen LogP contribution in [0.1, 0.15) is 12.5 Å². The zero-order chi connectivity index (χ0) is 20.0. The topological polar surface area (TPSA) is 87.7 Å². The molecule has 0 unspecified atom stereocenters. The molecule has 0 aliphatic carbocycles. The van der Waals surface area contributed by atoms with E-state index in [0.717, 1.165) is 0 Å². The molecule has 1 heterocycles. The fourth-order valence-electron chi connectivity index (χ4n) is 2.46. The normalized spacial score (nSPS) is 12.6. The zero-order valence-electron chi connectivity index (χ0n) is 15.2. The molecule has 1 atom stereocenters. The fourth-order valence-corrected chi connectivity index (χ4v) is 3.24. The van der Waals surface area contributed by atoms with Gasteiger partial charge in [0.15, 0.2) is 0 Å². The quantitative estimate of drug-likeness (QED) is 0.557. The molecular weight excluding hydrogens is 376 g/mol. The van der Waals surface area contributed by atoms with Crippen LogP contribution in [0.5, 0.6) is 11.5 Å². The largest absolute Gasteiger partial charge is 0.457 e. The van der Waals surface area contributed by atoms with Gasteiger partial charge in [-0.05, 0) is 53.6 Å². The van der Waals surface area contributed by atoms with E-state index in [4.69, 9.17) is 4.74 Å². The number of aliphatic hydroxyl groups is 1. The number of benzene rings is 2. The number of amides is 2. The molecule has 2 amide bonds. The van der Waals surface area contributed by atoms with Crippen molar-refractivity contribution in [3.63, 3.8) is 0 Å². The van der Waals surface area contributed by atoms with E-state index in [9.17, 15) is 14.7 Å². The molecule has 0 saturated carbocycles. The Labute approximate surface area is 166 Å². The lowest BCUT2D eigenvalue weighted by Gasteiger charge is -2.22. The molecule has 7 heteroatoms. The van der Waals surface area contributed by atoms with Gasteiger partial charge in [-0.2, -0.15) is 11.3 Å². The molecule has 0 bridgehead atoms. The second-order valence-corrected chi connectivity index (χ2v) is 7.15. The Balaban J connectivity index is 1.56. The number of hydrogen-bond donors (Lipinski definition) is 3. The first-order valence-corrected chi connectivity index (χ1v) is 9.55. The Morgan fingerprint density at radius 3 is 2.50 bits per heavy atom. The van der Waals surface area contributed by atoms with Crippen molar-refractivity contribution in [1.29, 1.82) is 0 Å².